The third kappa shape index (κ3) is 4.51. The van der Waals surface area contributed by atoms with Crippen molar-refractivity contribution in [3.63, 3.8) is 0 Å². The predicted molar refractivity (Wildman–Crippen MR) is 62.8 cm³/mol. The summed E-state index contributed by atoms with van der Waals surface area (Å²) in [7, 11) is 0. The molecule has 0 bridgehead atoms. The summed E-state index contributed by atoms with van der Waals surface area (Å²) in [5.41, 5.74) is 7.12. The van der Waals surface area contributed by atoms with Crippen LogP contribution in [0.5, 0.6) is 0 Å². The Labute approximate surface area is 99.6 Å². The molecular formula is C10H13Cl2NO2. The van der Waals surface area contributed by atoms with E-state index in [1.54, 1.807) is 18.2 Å². The molecule has 0 saturated carbocycles. The number of halogens is 2. The van der Waals surface area contributed by atoms with Gasteiger partial charge in [-0.25, -0.2) is 0 Å². The van der Waals surface area contributed by atoms with Crippen molar-refractivity contribution >= 4 is 30.0 Å². The molecule has 0 aliphatic rings. The molecule has 5 heteroatoms. The molecule has 0 spiro atoms. The van der Waals surface area contributed by atoms with Crippen molar-refractivity contribution in [1.82, 2.24) is 0 Å². The van der Waals surface area contributed by atoms with Gasteiger partial charge in [-0.1, -0.05) is 17.7 Å². The van der Waals surface area contributed by atoms with E-state index in [4.69, 9.17) is 22.4 Å². The molecule has 1 aromatic carbocycles. The molecule has 15 heavy (non-hydrogen) atoms. The van der Waals surface area contributed by atoms with E-state index < -0.39 is 5.97 Å². The minimum atomic E-state index is -0.842. The highest BCUT2D eigenvalue weighted by Gasteiger charge is 2.06. The quantitative estimate of drug-likeness (QED) is 0.857. The van der Waals surface area contributed by atoms with Crippen molar-refractivity contribution in [2.75, 3.05) is 6.54 Å². The highest BCUT2D eigenvalue weighted by Crippen LogP contribution is 2.17. The summed E-state index contributed by atoms with van der Waals surface area (Å²) in [5.74, 6) is -0.842. The van der Waals surface area contributed by atoms with Crippen LogP contribution in [0.1, 0.15) is 11.1 Å². The van der Waals surface area contributed by atoms with E-state index in [1.165, 1.54) is 0 Å². The first kappa shape index (κ1) is 14.2. The van der Waals surface area contributed by atoms with Crippen LogP contribution >= 0.6 is 24.0 Å². The molecule has 3 nitrogen and oxygen atoms in total. The summed E-state index contributed by atoms with van der Waals surface area (Å²) in [5, 5.41) is 9.28. The lowest BCUT2D eigenvalue weighted by Crippen LogP contribution is -2.08. The Morgan fingerprint density at radius 1 is 1.40 bits per heavy atom. The SMILES string of the molecule is Cl.NCCc1cc(Cl)ccc1CC(=O)O. The van der Waals surface area contributed by atoms with Gasteiger partial charge >= 0.3 is 5.97 Å². The first-order valence-corrected chi connectivity index (χ1v) is 4.70. The molecule has 0 aliphatic heterocycles. The van der Waals surface area contributed by atoms with Crippen molar-refractivity contribution in [3.05, 3.63) is 34.3 Å². The number of carboxylic acid groups (broad SMARTS) is 1. The summed E-state index contributed by atoms with van der Waals surface area (Å²) < 4.78 is 0. The lowest BCUT2D eigenvalue weighted by atomic mass is 10.0. The van der Waals surface area contributed by atoms with Gasteiger partial charge in [-0.3, -0.25) is 4.79 Å². The Morgan fingerprint density at radius 2 is 2.07 bits per heavy atom. The van der Waals surface area contributed by atoms with Crippen molar-refractivity contribution in [2.45, 2.75) is 12.8 Å². The van der Waals surface area contributed by atoms with Gasteiger partial charge in [0.1, 0.15) is 0 Å². The molecule has 0 atom stereocenters. The number of benzene rings is 1. The fraction of sp³-hybridized carbons (Fsp3) is 0.300. The van der Waals surface area contributed by atoms with E-state index >= 15 is 0 Å². The second kappa shape index (κ2) is 6.67. The first-order valence-electron chi connectivity index (χ1n) is 4.32. The van der Waals surface area contributed by atoms with E-state index in [0.717, 1.165) is 11.1 Å². The molecule has 3 N–H and O–H groups in total. The van der Waals surface area contributed by atoms with Gasteiger partial charge in [-0.2, -0.15) is 0 Å². The second-order valence-electron chi connectivity index (χ2n) is 3.02. The van der Waals surface area contributed by atoms with E-state index in [9.17, 15) is 4.79 Å². The second-order valence-corrected chi connectivity index (χ2v) is 3.46. The average Bonchev–Trinajstić information content (AvgIpc) is 2.09. The van der Waals surface area contributed by atoms with Gasteiger partial charge in [0.05, 0.1) is 6.42 Å². The summed E-state index contributed by atoms with van der Waals surface area (Å²) >= 11 is 5.80. The third-order valence-corrected chi connectivity index (χ3v) is 2.16. The van der Waals surface area contributed by atoms with Gasteiger partial charge in [0, 0.05) is 5.02 Å². The summed E-state index contributed by atoms with van der Waals surface area (Å²) in [4.78, 5) is 10.5. The normalized spacial score (nSPS) is 9.47. The van der Waals surface area contributed by atoms with Gasteiger partial charge in [0.2, 0.25) is 0 Å². The molecule has 0 radical (unpaired) electrons. The van der Waals surface area contributed by atoms with Crippen LogP contribution in [-0.4, -0.2) is 17.6 Å². The van der Waals surface area contributed by atoms with Crippen LogP contribution in [0.4, 0.5) is 0 Å². The minimum Gasteiger partial charge on any atom is -0.481 e. The fourth-order valence-electron chi connectivity index (χ4n) is 1.32. The van der Waals surface area contributed by atoms with Crippen LogP contribution in [0.2, 0.25) is 5.02 Å². The van der Waals surface area contributed by atoms with Gasteiger partial charge in [-0.05, 0) is 36.2 Å². The van der Waals surface area contributed by atoms with E-state index in [-0.39, 0.29) is 18.8 Å². The van der Waals surface area contributed by atoms with Crippen LogP contribution in [-0.2, 0) is 17.6 Å². The standard InChI is InChI=1S/C10H12ClNO2.ClH/c11-9-2-1-7(6-10(13)14)8(5-9)3-4-12;/h1-2,5H,3-4,6,12H2,(H,13,14);1H. The largest absolute Gasteiger partial charge is 0.481 e. The summed E-state index contributed by atoms with van der Waals surface area (Å²) in [6, 6.07) is 5.20. The van der Waals surface area contributed by atoms with Crippen LogP contribution in [0.3, 0.4) is 0 Å². The van der Waals surface area contributed by atoms with Crippen LogP contribution in [0.25, 0.3) is 0 Å². The van der Waals surface area contributed by atoms with Crippen molar-refractivity contribution < 1.29 is 9.90 Å². The molecule has 0 unspecified atom stereocenters. The molecule has 0 amide bonds. The van der Waals surface area contributed by atoms with Crippen LogP contribution in [0.15, 0.2) is 18.2 Å². The molecule has 84 valence electrons. The van der Waals surface area contributed by atoms with Crippen LogP contribution < -0.4 is 5.73 Å². The molecule has 1 aromatic rings. The minimum absolute atomic E-state index is 0. The number of hydrogen-bond acceptors (Lipinski definition) is 2. The number of hydrogen-bond donors (Lipinski definition) is 2. The molecule has 0 aliphatic carbocycles. The third-order valence-electron chi connectivity index (χ3n) is 1.92. The van der Waals surface area contributed by atoms with Crippen molar-refractivity contribution in [2.24, 2.45) is 5.73 Å². The van der Waals surface area contributed by atoms with Gasteiger partial charge in [0.15, 0.2) is 0 Å². The average molecular weight is 250 g/mol. The zero-order chi connectivity index (χ0) is 10.6. The Balaban J connectivity index is 0.00000196. The molecular weight excluding hydrogens is 237 g/mol. The number of aliphatic carboxylic acids is 1. The van der Waals surface area contributed by atoms with Gasteiger partial charge in [-0.15, -0.1) is 12.4 Å². The molecule has 0 saturated heterocycles. The topological polar surface area (TPSA) is 63.3 Å². The maximum absolute atomic E-state index is 10.5. The van der Waals surface area contributed by atoms with E-state index in [1.807, 2.05) is 0 Å². The molecule has 0 fully saturated rings. The predicted octanol–water partition coefficient (Wildman–Crippen LogP) is 1.89. The Kier molecular flexibility index (Phi) is 6.32. The highest BCUT2D eigenvalue weighted by molar-refractivity contribution is 6.30. The van der Waals surface area contributed by atoms with Gasteiger partial charge < -0.3 is 10.8 Å². The van der Waals surface area contributed by atoms with Crippen molar-refractivity contribution in [3.8, 4) is 0 Å². The summed E-state index contributed by atoms with van der Waals surface area (Å²) in [6.45, 7) is 0.493. The fourth-order valence-corrected chi connectivity index (χ4v) is 1.51. The lowest BCUT2D eigenvalue weighted by Gasteiger charge is -2.06. The smallest absolute Gasteiger partial charge is 0.307 e. The zero-order valence-electron chi connectivity index (χ0n) is 8.07. The number of rotatable bonds is 4. The Hall–Kier alpha value is -0.770. The zero-order valence-corrected chi connectivity index (χ0v) is 9.64. The van der Waals surface area contributed by atoms with Crippen LogP contribution in [0, 0.1) is 0 Å². The maximum atomic E-state index is 10.5. The molecule has 1 rings (SSSR count). The number of nitrogens with two attached hydrogens (primary N) is 1. The Bertz CT molecular complexity index is 342. The highest BCUT2D eigenvalue weighted by atomic mass is 35.5. The van der Waals surface area contributed by atoms with Crippen molar-refractivity contribution in [1.29, 1.82) is 0 Å². The number of carboxylic acids is 1. The molecule has 0 heterocycles. The van der Waals surface area contributed by atoms with E-state index in [2.05, 4.69) is 0 Å². The summed E-state index contributed by atoms with van der Waals surface area (Å²) in [6.07, 6.45) is 0.676. The van der Waals surface area contributed by atoms with E-state index in [0.29, 0.717) is 18.0 Å². The maximum Gasteiger partial charge on any atom is 0.307 e. The Morgan fingerprint density at radius 3 is 2.60 bits per heavy atom. The molecule has 0 aromatic heterocycles. The van der Waals surface area contributed by atoms with Gasteiger partial charge in [0.25, 0.3) is 0 Å². The monoisotopic (exact) mass is 249 g/mol. The first-order chi connectivity index (χ1) is 6.63. The number of carbonyl (C=O) groups is 1. The lowest BCUT2D eigenvalue weighted by molar-refractivity contribution is -0.136.